The SMILES string of the molecule is COc1ccc(CC(=O)NCCCc2nc3ccccc3n2CCOc2ccc(C)c(C)c2)cc1. The Bertz CT molecular complexity index is 1280. The van der Waals surface area contributed by atoms with Crippen LogP contribution in [0.3, 0.4) is 0 Å². The van der Waals surface area contributed by atoms with Crippen LogP contribution in [0, 0.1) is 13.8 Å². The van der Waals surface area contributed by atoms with Gasteiger partial charge < -0.3 is 19.4 Å². The molecule has 1 aromatic heterocycles. The molecule has 0 unspecified atom stereocenters. The third-order valence-electron chi connectivity index (χ3n) is 6.22. The minimum Gasteiger partial charge on any atom is -0.497 e. The van der Waals surface area contributed by atoms with Gasteiger partial charge in [-0.15, -0.1) is 0 Å². The van der Waals surface area contributed by atoms with Crippen molar-refractivity contribution in [1.29, 1.82) is 0 Å². The van der Waals surface area contributed by atoms with Crippen LogP contribution in [0.25, 0.3) is 11.0 Å². The molecule has 0 saturated heterocycles. The molecule has 0 spiro atoms. The van der Waals surface area contributed by atoms with Crippen molar-refractivity contribution in [3.63, 3.8) is 0 Å². The zero-order chi connectivity index (χ0) is 24.6. The summed E-state index contributed by atoms with van der Waals surface area (Å²) in [5.74, 6) is 2.71. The monoisotopic (exact) mass is 471 g/mol. The molecule has 6 heteroatoms. The molecule has 0 fully saturated rings. The number of amides is 1. The Labute approximate surface area is 206 Å². The summed E-state index contributed by atoms with van der Waals surface area (Å²) in [5.41, 5.74) is 5.54. The highest BCUT2D eigenvalue weighted by Crippen LogP contribution is 2.19. The molecule has 4 rings (SSSR count). The Morgan fingerprint density at radius 1 is 0.971 bits per heavy atom. The third-order valence-corrected chi connectivity index (χ3v) is 6.22. The summed E-state index contributed by atoms with van der Waals surface area (Å²) in [6, 6.07) is 21.9. The van der Waals surface area contributed by atoms with E-state index in [0.717, 1.165) is 46.8 Å². The Balaban J connectivity index is 1.31. The Kier molecular flexibility index (Phi) is 8.03. The number of fused-ring (bicyclic) bond motifs is 1. The smallest absolute Gasteiger partial charge is 0.224 e. The molecule has 1 N–H and O–H groups in total. The van der Waals surface area contributed by atoms with Gasteiger partial charge in [0.25, 0.3) is 0 Å². The van der Waals surface area contributed by atoms with Crippen LogP contribution in [0.4, 0.5) is 0 Å². The zero-order valence-electron chi connectivity index (χ0n) is 20.7. The molecule has 1 amide bonds. The summed E-state index contributed by atoms with van der Waals surface area (Å²) < 4.78 is 13.4. The summed E-state index contributed by atoms with van der Waals surface area (Å²) in [6.45, 7) is 6.09. The summed E-state index contributed by atoms with van der Waals surface area (Å²) in [7, 11) is 1.63. The molecule has 6 nitrogen and oxygen atoms in total. The first-order valence-electron chi connectivity index (χ1n) is 12.1. The normalized spacial score (nSPS) is 10.9. The van der Waals surface area contributed by atoms with E-state index in [-0.39, 0.29) is 5.91 Å². The largest absolute Gasteiger partial charge is 0.497 e. The predicted octanol–water partition coefficient (Wildman–Crippen LogP) is 5.03. The molecule has 1 heterocycles. The van der Waals surface area contributed by atoms with E-state index in [2.05, 4.69) is 41.9 Å². The van der Waals surface area contributed by atoms with Crippen molar-refractivity contribution in [1.82, 2.24) is 14.9 Å². The van der Waals surface area contributed by atoms with Gasteiger partial charge in [0.2, 0.25) is 5.91 Å². The van der Waals surface area contributed by atoms with Gasteiger partial charge in [-0.25, -0.2) is 4.98 Å². The second-order valence-corrected chi connectivity index (χ2v) is 8.74. The van der Waals surface area contributed by atoms with Crippen LogP contribution in [-0.4, -0.2) is 35.7 Å². The molecule has 0 bridgehead atoms. The average molecular weight is 472 g/mol. The maximum atomic E-state index is 12.3. The van der Waals surface area contributed by atoms with E-state index in [1.807, 2.05) is 48.5 Å². The van der Waals surface area contributed by atoms with Crippen LogP contribution >= 0.6 is 0 Å². The minimum absolute atomic E-state index is 0.0189. The third kappa shape index (κ3) is 6.41. The molecule has 0 saturated carbocycles. The van der Waals surface area contributed by atoms with E-state index in [0.29, 0.717) is 26.1 Å². The Hall–Kier alpha value is -3.80. The zero-order valence-corrected chi connectivity index (χ0v) is 20.7. The summed E-state index contributed by atoms with van der Waals surface area (Å²) in [4.78, 5) is 17.2. The number of imidazole rings is 1. The van der Waals surface area contributed by atoms with Crippen LogP contribution in [-0.2, 0) is 24.2 Å². The number of nitrogens with one attached hydrogen (secondary N) is 1. The summed E-state index contributed by atoms with van der Waals surface area (Å²) >= 11 is 0. The van der Waals surface area contributed by atoms with E-state index in [9.17, 15) is 4.79 Å². The minimum atomic E-state index is 0.0189. The number of ether oxygens (including phenoxy) is 2. The number of hydrogen-bond acceptors (Lipinski definition) is 4. The fourth-order valence-corrected chi connectivity index (χ4v) is 4.09. The van der Waals surface area contributed by atoms with E-state index in [1.165, 1.54) is 11.1 Å². The molecule has 182 valence electrons. The fourth-order valence-electron chi connectivity index (χ4n) is 4.09. The number of benzene rings is 3. The first kappa shape index (κ1) is 24.3. The number of aryl methyl sites for hydroxylation is 3. The topological polar surface area (TPSA) is 65.4 Å². The van der Waals surface area contributed by atoms with Crippen LogP contribution in [0.2, 0.25) is 0 Å². The van der Waals surface area contributed by atoms with Crippen molar-refractivity contribution in [3.8, 4) is 11.5 Å². The highest BCUT2D eigenvalue weighted by molar-refractivity contribution is 5.78. The Morgan fingerprint density at radius 2 is 1.74 bits per heavy atom. The number of nitrogens with zero attached hydrogens (tertiary/aromatic N) is 2. The van der Waals surface area contributed by atoms with E-state index in [1.54, 1.807) is 7.11 Å². The summed E-state index contributed by atoms with van der Waals surface area (Å²) in [5, 5.41) is 3.03. The lowest BCUT2D eigenvalue weighted by molar-refractivity contribution is -0.120. The highest BCUT2D eigenvalue weighted by Gasteiger charge is 2.11. The van der Waals surface area contributed by atoms with Crippen LogP contribution in [0.1, 0.15) is 28.9 Å². The van der Waals surface area contributed by atoms with Gasteiger partial charge >= 0.3 is 0 Å². The molecular formula is C29H33N3O3. The molecule has 0 radical (unpaired) electrons. The second-order valence-electron chi connectivity index (χ2n) is 8.74. The van der Waals surface area contributed by atoms with Crippen molar-refractivity contribution < 1.29 is 14.3 Å². The summed E-state index contributed by atoms with van der Waals surface area (Å²) in [6.07, 6.45) is 1.95. The number of hydrogen-bond donors (Lipinski definition) is 1. The fraction of sp³-hybridized carbons (Fsp3) is 0.310. The molecule has 0 aliphatic heterocycles. The maximum Gasteiger partial charge on any atom is 0.224 e. The second kappa shape index (κ2) is 11.6. The van der Waals surface area contributed by atoms with Crippen LogP contribution in [0.15, 0.2) is 66.7 Å². The number of carbonyl (C=O) groups is 1. The number of para-hydroxylation sites is 2. The van der Waals surface area contributed by atoms with Crippen molar-refractivity contribution in [2.24, 2.45) is 0 Å². The average Bonchev–Trinajstić information content (AvgIpc) is 3.22. The van der Waals surface area contributed by atoms with Gasteiger partial charge in [0.15, 0.2) is 0 Å². The standard InChI is InChI=1S/C29H33N3O3/c1-21-10-13-25(19-22(21)2)35-18-17-32-27-8-5-4-7-26(27)31-28(32)9-6-16-30-29(33)20-23-11-14-24(34-3)15-12-23/h4-5,7-8,10-15,19H,6,9,16-18,20H2,1-3H3,(H,30,33). The first-order valence-corrected chi connectivity index (χ1v) is 12.1. The van der Waals surface area contributed by atoms with Gasteiger partial charge in [-0.05, 0) is 73.4 Å². The van der Waals surface area contributed by atoms with Gasteiger partial charge in [0.1, 0.15) is 23.9 Å². The number of aromatic nitrogens is 2. The van der Waals surface area contributed by atoms with Crippen molar-refractivity contribution >= 4 is 16.9 Å². The lowest BCUT2D eigenvalue weighted by Gasteiger charge is -2.12. The number of rotatable bonds is 11. The molecule has 4 aromatic rings. The van der Waals surface area contributed by atoms with Crippen molar-refractivity contribution in [2.45, 2.75) is 39.7 Å². The molecule has 0 aliphatic carbocycles. The van der Waals surface area contributed by atoms with Crippen LogP contribution in [0.5, 0.6) is 11.5 Å². The predicted molar refractivity (Wildman–Crippen MR) is 139 cm³/mol. The quantitative estimate of drug-likeness (QED) is 0.312. The lowest BCUT2D eigenvalue weighted by atomic mass is 10.1. The maximum absolute atomic E-state index is 12.3. The van der Waals surface area contributed by atoms with Gasteiger partial charge in [0.05, 0.1) is 31.1 Å². The van der Waals surface area contributed by atoms with Gasteiger partial charge in [-0.2, -0.15) is 0 Å². The van der Waals surface area contributed by atoms with Crippen molar-refractivity contribution in [3.05, 3.63) is 89.2 Å². The molecule has 35 heavy (non-hydrogen) atoms. The molecule has 3 aromatic carbocycles. The van der Waals surface area contributed by atoms with E-state index < -0.39 is 0 Å². The van der Waals surface area contributed by atoms with Crippen LogP contribution < -0.4 is 14.8 Å². The molecule has 0 atom stereocenters. The highest BCUT2D eigenvalue weighted by atomic mass is 16.5. The molecular weight excluding hydrogens is 438 g/mol. The van der Waals surface area contributed by atoms with E-state index in [4.69, 9.17) is 14.5 Å². The van der Waals surface area contributed by atoms with Crippen molar-refractivity contribution in [2.75, 3.05) is 20.3 Å². The van der Waals surface area contributed by atoms with Gasteiger partial charge in [0, 0.05) is 13.0 Å². The Morgan fingerprint density at radius 3 is 2.51 bits per heavy atom. The molecule has 0 aliphatic rings. The van der Waals surface area contributed by atoms with E-state index >= 15 is 0 Å². The lowest BCUT2D eigenvalue weighted by Crippen LogP contribution is -2.26. The number of methoxy groups -OCH3 is 1. The van der Waals surface area contributed by atoms with Gasteiger partial charge in [-0.3, -0.25) is 4.79 Å². The van der Waals surface area contributed by atoms with Gasteiger partial charge in [-0.1, -0.05) is 30.3 Å². The first-order chi connectivity index (χ1) is 17.0. The number of carbonyl (C=O) groups excluding carboxylic acids is 1.